The number of H-pyrrole nitrogens is 1. The second-order valence-electron chi connectivity index (χ2n) is 2.52. The molecule has 0 fully saturated rings. The first kappa shape index (κ1) is 8.25. The number of pyridine rings is 1. The molecule has 2 N–H and O–H groups in total. The predicted molar refractivity (Wildman–Crippen MR) is 50.8 cm³/mol. The Kier molecular flexibility index (Phi) is 1.81. The number of hydrogen-bond acceptors (Lipinski definition) is 2. The zero-order valence-corrected chi connectivity index (χ0v) is 8.00. The Morgan fingerprint density at radius 1 is 1.62 bits per heavy atom. The van der Waals surface area contributed by atoms with Crippen LogP contribution < -0.4 is 0 Å². The van der Waals surface area contributed by atoms with Crippen molar-refractivity contribution >= 4 is 32.9 Å². The van der Waals surface area contributed by atoms with Gasteiger partial charge in [0.1, 0.15) is 11.2 Å². The fourth-order valence-electron chi connectivity index (χ4n) is 1.14. The number of aromatic amines is 1. The highest BCUT2D eigenvalue weighted by molar-refractivity contribution is 9.10. The van der Waals surface area contributed by atoms with Crippen molar-refractivity contribution in [3.05, 3.63) is 28.5 Å². The zero-order valence-electron chi connectivity index (χ0n) is 6.41. The van der Waals surface area contributed by atoms with Crippen LogP contribution in [0.5, 0.6) is 0 Å². The number of rotatable bonds is 1. The second kappa shape index (κ2) is 2.85. The van der Waals surface area contributed by atoms with Crippen molar-refractivity contribution in [1.29, 1.82) is 0 Å². The number of carboxylic acid groups (broad SMARTS) is 1. The SMILES string of the molecule is O=C(O)c1[nH]c2cccnc2c1Br. The van der Waals surface area contributed by atoms with Crippen LogP contribution in [-0.4, -0.2) is 21.0 Å². The summed E-state index contributed by atoms with van der Waals surface area (Å²) in [6.07, 6.45) is 1.62. The van der Waals surface area contributed by atoms with Crippen molar-refractivity contribution in [2.45, 2.75) is 0 Å². The minimum atomic E-state index is -0.995. The Labute approximate surface area is 81.7 Å². The minimum absolute atomic E-state index is 0.133. The molecule has 0 aromatic carbocycles. The Balaban J connectivity index is 2.81. The van der Waals surface area contributed by atoms with Gasteiger partial charge in [-0.2, -0.15) is 0 Å². The van der Waals surface area contributed by atoms with Crippen molar-refractivity contribution in [1.82, 2.24) is 9.97 Å². The van der Waals surface area contributed by atoms with Crippen LogP contribution in [0, 0.1) is 0 Å². The molecule has 2 aromatic rings. The molecule has 0 unspecified atom stereocenters. The van der Waals surface area contributed by atoms with Gasteiger partial charge in [-0.15, -0.1) is 0 Å². The van der Waals surface area contributed by atoms with E-state index in [1.165, 1.54) is 0 Å². The summed E-state index contributed by atoms with van der Waals surface area (Å²) >= 11 is 3.18. The molecule has 0 aliphatic carbocycles. The number of aromatic carboxylic acids is 1. The molecule has 0 radical (unpaired) electrons. The van der Waals surface area contributed by atoms with E-state index in [1.807, 2.05) is 0 Å². The summed E-state index contributed by atoms with van der Waals surface area (Å²) < 4.78 is 0.496. The summed E-state index contributed by atoms with van der Waals surface area (Å²) in [6.45, 7) is 0. The molecule has 2 aromatic heterocycles. The van der Waals surface area contributed by atoms with Gasteiger partial charge in [0, 0.05) is 6.20 Å². The maximum atomic E-state index is 10.7. The van der Waals surface area contributed by atoms with Crippen LogP contribution in [0.2, 0.25) is 0 Å². The van der Waals surface area contributed by atoms with Gasteiger partial charge in [-0.05, 0) is 28.1 Å². The highest BCUT2D eigenvalue weighted by Gasteiger charge is 2.14. The molecule has 0 saturated heterocycles. The van der Waals surface area contributed by atoms with Crippen LogP contribution in [0.15, 0.2) is 22.8 Å². The molecule has 0 aliphatic rings. The molecule has 0 amide bonds. The molecular formula is C8H5BrN2O2. The Bertz CT molecular complexity index is 478. The Morgan fingerprint density at radius 2 is 2.38 bits per heavy atom. The van der Waals surface area contributed by atoms with E-state index >= 15 is 0 Å². The first-order valence-corrected chi connectivity index (χ1v) is 4.35. The number of fused-ring (bicyclic) bond motifs is 1. The van der Waals surface area contributed by atoms with Crippen molar-refractivity contribution < 1.29 is 9.90 Å². The van der Waals surface area contributed by atoms with E-state index in [-0.39, 0.29) is 5.69 Å². The number of carboxylic acids is 1. The normalized spacial score (nSPS) is 10.5. The summed E-state index contributed by atoms with van der Waals surface area (Å²) in [6, 6.07) is 3.52. The summed E-state index contributed by atoms with van der Waals surface area (Å²) in [5.41, 5.74) is 1.49. The van der Waals surface area contributed by atoms with Gasteiger partial charge >= 0.3 is 5.97 Å². The molecule has 0 atom stereocenters. The minimum Gasteiger partial charge on any atom is -0.477 e. The highest BCUT2D eigenvalue weighted by Crippen LogP contribution is 2.25. The number of aromatic nitrogens is 2. The van der Waals surface area contributed by atoms with Crippen LogP contribution >= 0.6 is 15.9 Å². The van der Waals surface area contributed by atoms with Crippen LogP contribution in [0.4, 0.5) is 0 Å². The Hall–Kier alpha value is -1.36. The van der Waals surface area contributed by atoms with Gasteiger partial charge in [0.25, 0.3) is 0 Å². The zero-order chi connectivity index (χ0) is 9.42. The van der Waals surface area contributed by atoms with E-state index in [2.05, 4.69) is 25.9 Å². The van der Waals surface area contributed by atoms with Crippen molar-refractivity contribution in [3.63, 3.8) is 0 Å². The van der Waals surface area contributed by atoms with E-state index < -0.39 is 5.97 Å². The Morgan fingerprint density at radius 3 is 3.00 bits per heavy atom. The maximum absolute atomic E-state index is 10.7. The van der Waals surface area contributed by atoms with Crippen LogP contribution in [0.3, 0.4) is 0 Å². The summed E-state index contributed by atoms with van der Waals surface area (Å²) in [5.74, 6) is -0.995. The highest BCUT2D eigenvalue weighted by atomic mass is 79.9. The van der Waals surface area contributed by atoms with E-state index in [4.69, 9.17) is 5.11 Å². The smallest absolute Gasteiger partial charge is 0.353 e. The van der Waals surface area contributed by atoms with E-state index in [0.29, 0.717) is 15.5 Å². The lowest BCUT2D eigenvalue weighted by atomic mass is 10.4. The van der Waals surface area contributed by atoms with Gasteiger partial charge in [0.15, 0.2) is 0 Å². The van der Waals surface area contributed by atoms with Gasteiger partial charge in [-0.1, -0.05) is 0 Å². The van der Waals surface area contributed by atoms with E-state index in [0.717, 1.165) is 0 Å². The van der Waals surface area contributed by atoms with Crippen LogP contribution in [0.25, 0.3) is 11.0 Å². The molecule has 13 heavy (non-hydrogen) atoms. The van der Waals surface area contributed by atoms with E-state index in [1.54, 1.807) is 18.3 Å². The second-order valence-corrected chi connectivity index (χ2v) is 3.31. The van der Waals surface area contributed by atoms with Gasteiger partial charge in [0.05, 0.1) is 9.99 Å². The van der Waals surface area contributed by atoms with Gasteiger partial charge in [-0.25, -0.2) is 4.79 Å². The summed E-state index contributed by atoms with van der Waals surface area (Å²) in [4.78, 5) is 17.5. The van der Waals surface area contributed by atoms with Crippen LogP contribution in [-0.2, 0) is 0 Å². The summed E-state index contributed by atoms with van der Waals surface area (Å²) in [7, 11) is 0. The first-order valence-electron chi connectivity index (χ1n) is 3.55. The number of halogens is 1. The molecule has 66 valence electrons. The average Bonchev–Trinajstić information content (AvgIpc) is 2.45. The number of hydrogen-bond donors (Lipinski definition) is 2. The van der Waals surface area contributed by atoms with Crippen LogP contribution in [0.1, 0.15) is 10.5 Å². The largest absolute Gasteiger partial charge is 0.477 e. The molecule has 0 saturated carbocycles. The lowest BCUT2D eigenvalue weighted by Gasteiger charge is -1.87. The van der Waals surface area contributed by atoms with Crippen molar-refractivity contribution in [2.24, 2.45) is 0 Å². The first-order chi connectivity index (χ1) is 6.20. The van der Waals surface area contributed by atoms with E-state index in [9.17, 15) is 4.79 Å². The topological polar surface area (TPSA) is 66.0 Å². The number of nitrogens with one attached hydrogen (secondary N) is 1. The molecule has 0 aliphatic heterocycles. The molecule has 5 heteroatoms. The fourth-order valence-corrected chi connectivity index (χ4v) is 1.72. The third kappa shape index (κ3) is 1.21. The number of nitrogens with zero attached hydrogens (tertiary/aromatic N) is 1. The monoisotopic (exact) mass is 240 g/mol. The lowest BCUT2D eigenvalue weighted by molar-refractivity contribution is 0.0690. The molecule has 2 heterocycles. The predicted octanol–water partition coefficient (Wildman–Crippen LogP) is 2.02. The standard InChI is InChI=1S/C8H5BrN2O2/c9-5-6-4(2-1-3-10-6)11-7(5)8(12)13/h1-3,11H,(H,12,13). The quantitative estimate of drug-likeness (QED) is 0.802. The van der Waals surface area contributed by atoms with Gasteiger partial charge in [0.2, 0.25) is 0 Å². The van der Waals surface area contributed by atoms with Gasteiger partial charge in [-0.3, -0.25) is 4.98 Å². The van der Waals surface area contributed by atoms with Gasteiger partial charge < -0.3 is 10.1 Å². The molecular weight excluding hydrogens is 236 g/mol. The molecule has 0 bridgehead atoms. The molecule has 2 rings (SSSR count). The molecule has 4 nitrogen and oxygen atoms in total. The lowest BCUT2D eigenvalue weighted by Crippen LogP contribution is -1.96. The maximum Gasteiger partial charge on any atom is 0.353 e. The average molecular weight is 241 g/mol. The third-order valence-corrected chi connectivity index (χ3v) is 2.48. The fraction of sp³-hybridized carbons (Fsp3) is 0. The van der Waals surface area contributed by atoms with Crippen molar-refractivity contribution in [2.75, 3.05) is 0 Å². The summed E-state index contributed by atoms with van der Waals surface area (Å²) in [5, 5.41) is 8.78. The third-order valence-electron chi connectivity index (χ3n) is 1.71. The van der Waals surface area contributed by atoms with Crippen molar-refractivity contribution in [3.8, 4) is 0 Å². The number of carbonyl (C=O) groups is 1. The molecule has 0 spiro atoms.